The Kier molecular flexibility index (Phi) is 5.74. The second-order valence-electron chi connectivity index (χ2n) is 5.95. The van der Waals surface area contributed by atoms with E-state index in [1.54, 1.807) is 36.4 Å². The number of phenolic OH excluding ortho intramolecular Hbond substituents is 1. The first-order valence-electron chi connectivity index (χ1n) is 8.28. The van der Waals surface area contributed by atoms with Crippen LogP contribution in [0.5, 0.6) is 5.75 Å². The highest BCUT2D eigenvalue weighted by molar-refractivity contribution is 6.31. The fourth-order valence-corrected chi connectivity index (χ4v) is 2.81. The van der Waals surface area contributed by atoms with Crippen molar-refractivity contribution in [1.29, 1.82) is 0 Å². The zero-order chi connectivity index (χ0) is 19.2. The molecular formula is C21H18ClN3O2. The highest BCUT2D eigenvalue weighted by Crippen LogP contribution is 2.22. The number of halogens is 1. The molecule has 27 heavy (non-hydrogen) atoms. The van der Waals surface area contributed by atoms with Crippen LogP contribution in [-0.4, -0.2) is 17.2 Å². The van der Waals surface area contributed by atoms with E-state index in [1.165, 1.54) is 6.21 Å². The Morgan fingerprint density at radius 3 is 2.63 bits per heavy atom. The summed E-state index contributed by atoms with van der Waals surface area (Å²) in [5, 5.41) is 14.6. The van der Waals surface area contributed by atoms with Gasteiger partial charge >= 0.3 is 0 Å². The molecule has 3 aromatic carbocycles. The molecular weight excluding hydrogens is 362 g/mol. The number of para-hydroxylation sites is 1. The normalized spacial score (nSPS) is 10.9. The van der Waals surface area contributed by atoms with Gasteiger partial charge in [-0.2, -0.15) is 5.10 Å². The Morgan fingerprint density at radius 1 is 1.11 bits per heavy atom. The third-order valence-electron chi connectivity index (χ3n) is 4.02. The number of hydrazone groups is 1. The summed E-state index contributed by atoms with van der Waals surface area (Å²) >= 11 is 6.20. The second kappa shape index (κ2) is 8.38. The molecule has 0 saturated heterocycles. The Balaban J connectivity index is 1.73. The van der Waals surface area contributed by atoms with Gasteiger partial charge < -0.3 is 10.8 Å². The maximum Gasteiger partial charge on any atom is 0.273 e. The smallest absolute Gasteiger partial charge is 0.273 e. The molecule has 0 aliphatic rings. The number of amides is 1. The van der Waals surface area contributed by atoms with E-state index in [1.807, 2.05) is 30.3 Å². The van der Waals surface area contributed by atoms with Gasteiger partial charge in [0.15, 0.2) is 0 Å². The van der Waals surface area contributed by atoms with E-state index in [2.05, 4.69) is 10.5 Å². The highest BCUT2D eigenvalue weighted by atomic mass is 35.5. The molecule has 0 radical (unpaired) electrons. The Bertz CT molecular complexity index is 1000. The Morgan fingerprint density at radius 2 is 1.85 bits per heavy atom. The largest absolute Gasteiger partial charge is 0.507 e. The van der Waals surface area contributed by atoms with Gasteiger partial charge in [-0.1, -0.05) is 48.0 Å². The van der Waals surface area contributed by atoms with Crippen molar-refractivity contribution in [2.45, 2.75) is 6.42 Å². The average Bonchev–Trinajstić information content (AvgIpc) is 2.66. The minimum Gasteiger partial charge on any atom is -0.507 e. The van der Waals surface area contributed by atoms with Crippen LogP contribution in [-0.2, 0) is 6.42 Å². The van der Waals surface area contributed by atoms with E-state index >= 15 is 0 Å². The van der Waals surface area contributed by atoms with Gasteiger partial charge in [-0.25, -0.2) is 5.43 Å². The monoisotopic (exact) mass is 379 g/mol. The van der Waals surface area contributed by atoms with Gasteiger partial charge in [-0.15, -0.1) is 0 Å². The number of hydrogen-bond acceptors (Lipinski definition) is 4. The number of nitrogen functional groups attached to an aromatic ring is 1. The number of rotatable bonds is 5. The Labute approximate surface area is 162 Å². The van der Waals surface area contributed by atoms with Crippen LogP contribution >= 0.6 is 11.6 Å². The first-order valence-corrected chi connectivity index (χ1v) is 8.65. The summed E-state index contributed by atoms with van der Waals surface area (Å²) in [6.45, 7) is 0. The van der Waals surface area contributed by atoms with Crippen molar-refractivity contribution >= 4 is 29.4 Å². The summed E-state index contributed by atoms with van der Waals surface area (Å²) in [4.78, 5) is 12.1. The first-order chi connectivity index (χ1) is 13.0. The van der Waals surface area contributed by atoms with Gasteiger partial charge in [-0.3, -0.25) is 4.79 Å². The number of nitrogens with one attached hydrogen (secondary N) is 1. The lowest BCUT2D eigenvalue weighted by molar-refractivity contribution is 0.0956. The van der Waals surface area contributed by atoms with Crippen LogP contribution in [0.1, 0.15) is 27.0 Å². The van der Waals surface area contributed by atoms with Gasteiger partial charge in [0, 0.05) is 16.3 Å². The number of aromatic hydroxyl groups is 1. The summed E-state index contributed by atoms with van der Waals surface area (Å²) in [6, 6.07) is 19.5. The molecule has 136 valence electrons. The van der Waals surface area contributed by atoms with Gasteiger partial charge in [0.25, 0.3) is 5.91 Å². The molecule has 0 aromatic heterocycles. The number of phenols is 1. The molecule has 0 fully saturated rings. The van der Waals surface area contributed by atoms with Gasteiger partial charge in [0.2, 0.25) is 0 Å². The van der Waals surface area contributed by atoms with Crippen molar-refractivity contribution in [3.63, 3.8) is 0 Å². The van der Waals surface area contributed by atoms with Crippen molar-refractivity contribution in [1.82, 2.24) is 5.43 Å². The number of nitrogens with zero attached hydrogens (tertiary/aromatic N) is 1. The fourth-order valence-electron chi connectivity index (χ4n) is 2.60. The summed E-state index contributed by atoms with van der Waals surface area (Å²) in [5.74, 6) is -0.355. The number of hydrogen-bond donors (Lipinski definition) is 3. The van der Waals surface area contributed by atoms with Crippen molar-refractivity contribution in [3.8, 4) is 5.75 Å². The van der Waals surface area contributed by atoms with Crippen LogP contribution in [0, 0.1) is 0 Å². The summed E-state index contributed by atoms with van der Waals surface area (Å²) in [5.41, 5.74) is 11.3. The molecule has 0 saturated carbocycles. The van der Waals surface area contributed by atoms with E-state index in [0.29, 0.717) is 28.3 Å². The average molecular weight is 380 g/mol. The molecule has 5 nitrogen and oxygen atoms in total. The van der Waals surface area contributed by atoms with E-state index in [4.69, 9.17) is 17.3 Å². The lowest BCUT2D eigenvalue weighted by Crippen LogP contribution is -2.19. The Hall–Kier alpha value is -3.31. The number of anilines is 1. The van der Waals surface area contributed by atoms with Crippen LogP contribution in [0.4, 0.5) is 5.69 Å². The molecule has 0 bridgehead atoms. The third kappa shape index (κ3) is 4.65. The topological polar surface area (TPSA) is 87.7 Å². The maximum absolute atomic E-state index is 12.1. The number of carbonyl (C=O) groups is 1. The van der Waals surface area contributed by atoms with Crippen molar-refractivity contribution < 1.29 is 9.90 Å². The van der Waals surface area contributed by atoms with Gasteiger partial charge in [-0.05, 0) is 47.9 Å². The maximum atomic E-state index is 12.1. The zero-order valence-electron chi connectivity index (χ0n) is 14.4. The predicted molar refractivity (Wildman–Crippen MR) is 108 cm³/mol. The van der Waals surface area contributed by atoms with Gasteiger partial charge in [0.1, 0.15) is 5.75 Å². The molecule has 6 heteroatoms. The van der Waals surface area contributed by atoms with Crippen LogP contribution < -0.4 is 11.2 Å². The highest BCUT2D eigenvalue weighted by Gasteiger charge is 2.08. The predicted octanol–water partition coefficient (Wildman–Crippen LogP) is 3.98. The standard InChI is InChI=1S/C21H18ClN3O2/c22-18-7-3-1-5-15(18)11-14-9-10-20(26)16(12-14)13-24-25-21(27)17-6-2-4-8-19(17)23/h1-10,12-13,26H,11,23H2,(H,25,27)/b24-13+. The molecule has 4 N–H and O–H groups in total. The minimum atomic E-state index is -0.420. The molecule has 0 atom stereocenters. The van der Waals surface area contributed by atoms with E-state index in [-0.39, 0.29) is 5.75 Å². The number of nitrogens with two attached hydrogens (primary N) is 1. The van der Waals surface area contributed by atoms with Crippen LogP contribution in [0.15, 0.2) is 71.8 Å². The van der Waals surface area contributed by atoms with E-state index < -0.39 is 5.91 Å². The van der Waals surface area contributed by atoms with Crippen molar-refractivity contribution in [2.75, 3.05) is 5.73 Å². The third-order valence-corrected chi connectivity index (χ3v) is 4.39. The number of carbonyl (C=O) groups excluding carboxylic acids is 1. The molecule has 0 aliphatic carbocycles. The van der Waals surface area contributed by atoms with Gasteiger partial charge in [0.05, 0.1) is 11.8 Å². The zero-order valence-corrected chi connectivity index (χ0v) is 15.1. The van der Waals surface area contributed by atoms with E-state index in [0.717, 1.165) is 11.1 Å². The molecule has 1 amide bonds. The second-order valence-corrected chi connectivity index (χ2v) is 6.35. The van der Waals surface area contributed by atoms with E-state index in [9.17, 15) is 9.90 Å². The summed E-state index contributed by atoms with van der Waals surface area (Å²) < 4.78 is 0. The lowest BCUT2D eigenvalue weighted by atomic mass is 10.0. The summed E-state index contributed by atoms with van der Waals surface area (Å²) in [7, 11) is 0. The molecule has 3 rings (SSSR count). The molecule has 0 spiro atoms. The van der Waals surface area contributed by atoms with Crippen LogP contribution in [0.25, 0.3) is 0 Å². The summed E-state index contributed by atoms with van der Waals surface area (Å²) in [6.07, 6.45) is 2.01. The number of benzene rings is 3. The SMILES string of the molecule is Nc1ccccc1C(=O)N/N=C/c1cc(Cc2ccccc2Cl)ccc1O. The fraction of sp³-hybridized carbons (Fsp3) is 0.0476. The minimum absolute atomic E-state index is 0.0649. The van der Waals surface area contributed by atoms with Crippen LogP contribution in [0.3, 0.4) is 0 Å². The van der Waals surface area contributed by atoms with Crippen LogP contribution in [0.2, 0.25) is 5.02 Å². The van der Waals surface area contributed by atoms with Crippen molar-refractivity contribution in [2.24, 2.45) is 5.10 Å². The van der Waals surface area contributed by atoms with Crippen molar-refractivity contribution in [3.05, 3.63) is 94.0 Å². The molecule has 0 aliphatic heterocycles. The molecule has 3 aromatic rings. The quantitative estimate of drug-likeness (QED) is 0.356. The molecule has 0 unspecified atom stereocenters. The molecule has 0 heterocycles. The lowest BCUT2D eigenvalue weighted by Gasteiger charge is -2.07. The first kappa shape index (κ1) is 18.5.